The van der Waals surface area contributed by atoms with Crippen LogP contribution in [0, 0.1) is 0 Å². The Morgan fingerprint density at radius 2 is 1.76 bits per heavy atom. The molecule has 0 radical (unpaired) electrons. The zero-order chi connectivity index (χ0) is 15.3. The van der Waals surface area contributed by atoms with Gasteiger partial charge in [-0.1, -0.05) is 52.4 Å². The van der Waals surface area contributed by atoms with Gasteiger partial charge in [-0.05, 0) is 12.8 Å². The molecule has 0 aliphatic carbocycles. The van der Waals surface area contributed by atoms with Gasteiger partial charge in [-0.3, -0.25) is 0 Å². The molecule has 0 aromatic carbocycles. The van der Waals surface area contributed by atoms with Crippen LogP contribution in [0.2, 0.25) is 0 Å². The number of carbonyl (C=O) groups excluding carboxylic acids is 1. The molecule has 4 heteroatoms. The van der Waals surface area contributed by atoms with E-state index in [4.69, 9.17) is 4.74 Å². The van der Waals surface area contributed by atoms with Gasteiger partial charge in [0.05, 0.1) is 13.2 Å². The van der Waals surface area contributed by atoms with E-state index in [0.29, 0.717) is 13.2 Å². The molecule has 0 aliphatic heterocycles. The van der Waals surface area contributed by atoms with Crippen molar-refractivity contribution in [2.24, 2.45) is 0 Å². The van der Waals surface area contributed by atoms with Crippen molar-refractivity contribution in [2.45, 2.75) is 78.3 Å². The van der Waals surface area contributed by atoms with Crippen molar-refractivity contribution in [3.8, 4) is 0 Å². The van der Waals surface area contributed by atoms with Gasteiger partial charge in [-0.25, -0.2) is 13.9 Å². The lowest BCUT2D eigenvalue weighted by atomic mass is 10.1. The van der Waals surface area contributed by atoms with Gasteiger partial charge in [0.1, 0.15) is 12.4 Å². The second kappa shape index (κ2) is 11.4. The number of hydrogen-bond acceptors (Lipinski definition) is 2. The molecule has 1 aromatic rings. The summed E-state index contributed by atoms with van der Waals surface area (Å²) >= 11 is 0. The van der Waals surface area contributed by atoms with Gasteiger partial charge in [-0.15, -0.1) is 0 Å². The SMILES string of the molecule is CCCCCCCCOC(=O)C[n+]1ccn(CCCC)c1. The van der Waals surface area contributed by atoms with Gasteiger partial charge in [-0.2, -0.15) is 0 Å². The van der Waals surface area contributed by atoms with Crippen LogP contribution in [0.15, 0.2) is 18.7 Å². The van der Waals surface area contributed by atoms with E-state index in [1.807, 2.05) is 23.3 Å². The number of aromatic nitrogens is 2. The molecule has 1 heterocycles. The minimum Gasteiger partial charge on any atom is -0.463 e. The summed E-state index contributed by atoms with van der Waals surface area (Å²) in [5.74, 6) is -0.137. The van der Waals surface area contributed by atoms with Crippen molar-refractivity contribution in [3.05, 3.63) is 18.7 Å². The first-order chi connectivity index (χ1) is 10.3. The second-order valence-electron chi connectivity index (χ2n) is 5.67. The zero-order valence-corrected chi connectivity index (χ0v) is 13.7. The minimum atomic E-state index is -0.137. The lowest BCUT2D eigenvalue weighted by molar-refractivity contribution is -0.685. The van der Waals surface area contributed by atoms with E-state index < -0.39 is 0 Å². The van der Waals surface area contributed by atoms with E-state index in [1.165, 1.54) is 32.1 Å². The maximum atomic E-state index is 11.7. The van der Waals surface area contributed by atoms with Crippen LogP contribution in [-0.2, 0) is 22.6 Å². The van der Waals surface area contributed by atoms with Crippen molar-refractivity contribution >= 4 is 5.97 Å². The molecule has 0 aliphatic rings. The third-order valence-electron chi connectivity index (χ3n) is 3.59. The average molecular weight is 295 g/mol. The third-order valence-corrected chi connectivity index (χ3v) is 3.59. The van der Waals surface area contributed by atoms with Crippen LogP contribution in [0.3, 0.4) is 0 Å². The molecule has 21 heavy (non-hydrogen) atoms. The van der Waals surface area contributed by atoms with Crippen molar-refractivity contribution in [1.29, 1.82) is 0 Å². The first-order valence-corrected chi connectivity index (χ1v) is 8.46. The number of carbonyl (C=O) groups is 1. The Bertz CT molecular complexity index is 388. The Hall–Kier alpha value is -1.32. The number of imidazole rings is 1. The average Bonchev–Trinajstić information content (AvgIpc) is 2.91. The van der Waals surface area contributed by atoms with E-state index in [1.54, 1.807) is 0 Å². The number of ether oxygens (including phenoxy) is 1. The van der Waals surface area contributed by atoms with Gasteiger partial charge in [0, 0.05) is 0 Å². The summed E-state index contributed by atoms with van der Waals surface area (Å²) < 4.78 is 9.28. The molecule has 0 amide bonds. The molecule has 0 spiro atoms. The van der Waals surface area contributed by atoms with Gasteiger partial charge < -0.3 is 4.74 Å². The Labute approximate surface area is 129 Å². The molecule has 4 nitrogen and oxygen atoms in total. The Morgan fingerprint density at radius 3 is 2.52 bits per heavy atom. The summed E-state index contributed by atoms with van der Waals surface area (Å²) in [5, 5.41) is 0. The van der Waals surface area contributed by atoms with Crippen LogP contribution in [0.5, 0.6) is 0 Å². The highest BCUT2D eigenvalue weighted by atomic mass is 16.5. The highest BCUT2D eigenvalue weighted by molar-refractivity contribution is 5.67. The third kappa shape index (κ3) is 8.53. The number of hydrogen-bond donors (Lipinski definition) is 0. The quantitative estimate of drug-likeness (QED) is 0.336. The van der Waals surface area contributed by atoms with Crippen LogP contribution < -0.4 is 4.57 Å². The predicted molar refractivity (Wildman–Crippen MR) is 83.9 cm³/mol. The van der Waals surface area contributed by atoms with Crippen molar-refractivity contribution < 1.29 is 14.1 Å². The van der Waals surface area contributed by atoms with E-state index in [2.05, 4.69) is 18.4 Å². The molecule has 0 atom stereocenters. The molecule has 1 rings (SSSR count). The summed E-state index contributed by atoms with van der Waals surface area (Å²) in [4.78, 5) is 11.7. The molecular formula is C17H31N2O2+. The largest absolute Gasteiger partial charge is 0.463 e. The molecule has 0 N–H and O–H groups in total. The van der Waals surface area contributed by atoms with Gasteiger partial charge in [0.15, 0.2) is 6.54 Å². The van der Waals surface area contributed by atoms with Crippen molar-refractivity contribution in [3.63, 3.8) is 0 Å². The monoisotopic (exact) mass is 295 g/mol. The zero-order valence-electron chi connectivity index (χ0n) is 13.7. The molecule has 0 fully saturated rings. The Morgan fingerprint density at radius 1 is 1.05 bits per heavy atom. The summed E-state index contributed by atoms with van der Waals surface area (Å²) in [6.45, 7) is 6.28. The smallest absolute Gasteiger partial charge is 0.348 e. The normalized spacial score (nSPS) is 10.8. The molecule has 1 aromatic heterocycles. The van der Waals surface area contributed by atoms with Gasteiger partial charge in [0.2, 0.25) is 6.33 Å². The van der Waals surface area contributed by atoms with Gasteiger partial charge in [0.25, 0.3) is 0 Å². The molecule has 0 saturated heterocycles. The van der Waals surface area contributed by atoms with Crippen LogP contribution in [0.1, 0.15) is 65.2 Å². The van der Waals surface area contributed by atoms with Crippen LogP contribution in [0.4, 0.5) is 0 Å². The molecule has 120 valence electrons. The highest BCUT2D eigenvalue weighted by Crippen LogP contribution is 2.04. The number of nitrogens with zero attached hydrogens (tertiary/aromatic N) is 2. The Kier molecular flexibility index (Phi) is 9.58. The summed E-state index contributed by atoms with van der Waals surface area (Å²) in [6.07, 6.45) is 15.5. The number of unbranched alkanes of at least 4 members (excludes halogenated alkanes) is 6. The standard InChI is InChI=1S/C17H31N2O2/c1-3-5-7-8-9-10-14-21-17(20)15-19-13-12-18(16-19)11-6-4-2/h12-13,16H,3-11,14-15H2,1-2H3/q+1. The molecule has 0 saturated carbocycles. The highest BCUT2D eigenvalue weighted by Gasteiger charge is 2.09. The maximum Gasteiger partial charge on any atom is 0.348 e. The first-order valence-electron chi connectivity index (χ1n) is 8.46. The van der Waals surface area contributed by atoms with E-state index in [0.717, 1.165) is 25.8 Å². The first kappa shape index (κ1) is 17.7. The van der Waals surface area contributed by atoms with Gasteiger partial charge >= 0.3 is 5.97 Å². The topological polar surface area (TPSA) is 35.1 Å². The molecular weight excluding hydrogens is 264 g/mol. The lowest BCUT2D eigenvalue weighted by Crippen LogP contribution is -2.36. The lowest BCUT2D eigenvalue weighted by Gasteiger charge is -2.03. The van der Waals surface area contributed by atoms with Crippen LogP contribution in [-0.4, -0.2) is 17.1 Å². The fourth-order valence-electron chi connectivity index (χ4n) is 2.27. The van der Waals surface area contributed by atoms with Crippen LogP contribution >= 0.6 is 0 Å². The maximum absolute atomic E-state index is 11.7. The van der Waals surface area contributed by atoms with E-state index in [9.17, 15) is 4.79 Å². The number of aryl methyl sites for hydroxylation is 1. The number of esters is 1. The molecule has 0 unspecified atom stereocenters. The second-order valence-corrected chi connectivity index (χ2v) is 5.67. The van der Waals surface area contributed by atoms with E-state index in [-0.39, 0.29) is 5.97 Å². The fourth-order valence-corrected chi connectivity index (χ4v) is 2.27. The van der Waals surface area contributed by atoms with E-state index >= 15 is 0 Å². The fraction of sp³-hybridized carbons (Fsp3) is 0.765. The Balaban J connectivity index is 2.09. The number of rotatable bonds is 12. The van der Waals surface area contributed by atoms with Crippen molar-refractivity contribution in [1.82, 2.24) is 4.57 Å². The summed E-state index contributed by atoms with van der Waals surface area (Å²) in [5.41, 5.74) is 0. The minimum absolute atomic E-state index is 0.137. The predicted octanol–water partition coefficient (Wildman–Crippen LogP) is 3.48. The summed E-state index contributed by atoms with van der Waals surface area (Å²) in [7, 11) is 0. The van der Waals surface area contributed by atoms with Crippen LogP contribution in [0.25, 0.3) is 0 Å². The summed E-state index contributed by atoms with van der Waals surface area (Å²) in [6, 6.07) is 0. The van der Waals surface area contributed by atoms with Crippen molar-refractivity contribution in [2.75, 3.05) is 6.61 Å². The molecule has 0 bridgehead atoms.